The van der Waals surface area contributed by atoms with Gasteiger partial charge in [0, 0.05) is 32.0 Å². The van der Waals surface area contributed by atoms with Gasteiger partial charge in [-0.25, -0.2) is 0 Å². The fraction of sp³-hybridized carbons (Fsp3) is 0.583. The van der Waals surface area contributed by atoms with Gasteiger partial charge in [0.15, 0.2) is 0 Å². The Labute approximate surface area is 96.0 Å². The van der Waals surface area contributed by atoms with Crippen LogP contribution in [0.1, 0.15) is 18.4 Å². The number of likely N-dealkylation sites (N-methyl/N-ethyl adjacent to an activating group) is 1. The highest BCUT2D eigenvalue weighted by Crippen LogP contribution is 2.18. The number of carbonyl (C=O) groups excluding carboxylic acids is 1. The molecule has 0 aromatic carbocycles. The third-order valence-corrected chi connectivity index (χ3v) is 2.94. The van der Waals surface area contributed by atoms with Gasteiger partial charge in [-0.05, 0) is 30.9 Å². The van der Waals surface area contributed by atoms with Crippen LogP contribution in [-0.2, 0) is 11.2 Å². The van der Waals surface area contributed by atoms with Gasteiger partial charge in [0.2, 0.25) is 5.91 Å². The summed E-state index contributed by atoms with van der Waals surface area (Å²) in [6, 6.07) is 2.64. The third-order valence-electron chi connectivity index (χ3n) is 2.94. The SMILES string of the molecule is CN(CCc1cc[nH]c1)C(=O)CNC1CC1. The van der Waals surface area contributed by atoms with Gasteiger partial charge in [-0.15, -0.1) is 0 Å². The predicted octanol–water partition coefficient (Wildman–Crippen LogP) is 0.768. The maximum Gasteiger partial charge on any atom is 0.236 e. The molecule has 4 heteroatoms. The second-order valence-electron chi connectivity index (χ2n) is 4.44. The monoisotopic (exact) mass is 221 g/mol. The summed E-state index contributed by atoms with van der Waals surface area (Å²) in [6.45, 7) is 1.26. The van der Waals surface area contributed by atoms with Gasteiger partial charge in [0.1, 0.15) is 0 Å². The van der Waals surface area contributed by atoms with Crippen molar-refractivity contribution in [3.05, 3.63) is 24.0 Å². The minimum atomic E-state index is 0.183. The summed E-state index contributed by atoms with van der Waals surface area (Å²) in [5.74, 6) is 0.183. The van der Waals surface area contributed by atoms with Gasteiger partial charge in [0.05, 0.1) is 6.54 Å². The van der Waals surface area contributed by atoms with Crippen molar-refractivity contribution in [2.75, 3.05) is 20.1 Å². The van der Waals surface area contributed by atoms with Crippen LogP contribution in [0.15, 0.2) is 18.5 Å². The van der Waals surface area contributed by atoms with Crippen molar-refractivity contribution in [2.45, 2.75) is 25.3 Å². The van der Waals surface area contributed by atoms with Gasteiger partial charge in [-0.3, -0.25) is 4.79 Å². The molecule has 0 saturated heterocycles. The summed E-state index contributed by atoms with van der Waals surface area (Å²) in [5, 5.41) is 3.23. The molecule has 1 aliphatic carbocycles. The fourth-order valence-corrected chi connectivity index (χ4v) is 1.59. The Morgan fingerprint density at radius 3 is 3.06 bits per heavy atom. The summed E-state index contributed by atoms with van der Waals surface area (Å²) in [6.07, 6.45) is 7.24. The van der Waals surface area contributed by atoms with Crippen LogP contribution in [0.3, 0.4) is 0 Å². The topological polar surface area (TPSA) is 48.1 Å². The molecule has 88 valence electrons. The van der Waals surface area contributed by atoms with Crippen LogP contribution in [0.25, 0.3) is 0 Å². The Bertz CT molecular complexity index is 330. The van der Waals surface area contributed by atoms with E-state index in [2.05, 4.69) is 10.3 Å². The number of aromatic nitrogens is 1. The van der Waals surface area contributed by atoms with Crippen molar-refractivity contribution in [1.29, 1.82) is 0 Å². The molecule has 0 radical (unpaired) electrons. The molecule has 1 heterocycles. The lowest BCUT2D eigenvalue weighted by molar-refractivity contribution is -0.128. The lowest BCUT2D eigenvalue weighted by atomic mass is 10.2. The van der Waals surface area contributed by atoms with Gasteiger partial charge in [-0.2, -0.15) is 0 Å². The lowest BCUT2D eigenvalue weighted by Gasteiger charge is -2.17. The molecule has 1 aromatic rings. The minimum Gasteiger partial charge on any atom is -0.367 e. The van der Waals surface area contributed by atoms with Crippen LogP contribution in [-0.4, -0.2) is 42.0 Å². The third kappa shape index (κ3) is 3.38. The van der Waals surface area contributed by atoms with Crippen LogP contribution < -0.4 is 5.32 Å². The molecule has 16 heavy (non-hydrogen) atoms. The Morgan fingerprint density at radius 1 is 1.62 bits per heavy atom. The van der Waals surface area contributed by atoms with E-state index in [9.17, 15) is 4.79 Å². The van der Waals surface area contributed by atoms with E-state index in [-0.39, 0.29) is 5.91 Å². The predicted molar refractivity (Wildman–Crippen MR) is 63.2 cm³/mol. The van der Waals surface area contributed by atoms with E-state index in [1.54, 1.807) is 4.90 Å². The minimum absolute atomic E-state index is 0.183. The maximum atomic E-state index is 11.7. The summed E-state index contributed by atoms with van der Waals surface area (Å²) in [5.41, 5.74) is 1.25. The van der Waals surface area contributed by atoms with Crippen molar-refractivity contribution in [1.82, 2.24) is 15.2 Å². The number of nitrogens with zero attached hydrogens (tertiary/aromatic N) is 1. The average molecular weight is 221 g/mol. The number of amides is 1. The zero-order chi connectivity index (χ0) is 11.4. The number of nitrogens with one attached hydrogen (secondary N) is 2. The number of rotatable bonds is 6. The number of hydrogen-bond acceptors (Lipinski definition) is 2. The fourth-order valence-electron chi connectivity index (χ4n) is 1.59. The number of H-pyrrole nitrogens is 1. The molecule has 0 spiro atoms. The summed E-state index contributed by atoms with van der Waals surface area (Å²) in [4.78, 5) is 16.5. The molecule has 0 atom stereocenters. The van der Waals surface area contributed by atoms with Crippen LogP contribution in [0, 0.1) is 0 Å². The molecule has 1 amide bonds. The van der Waals surface area contributed by atoms with E-state index >= 15 is 0 Å². The number of carbonyl (C=O) groups is 1. The summed E-state index contributed by atoms with van der Waals surface area (Å²) in [7, 11) is 1.86. The van der Waals surface area contributed by atoms with Gasteiger partial charge >= 0.3 is 0 Å². The molecule has 0 bridgehead atoms. The standard InChI is InChI=1S/C12H19N3O/c1-15(7-5-10-4-6-13-8-10)12(16)9-14-11-2-3-11/h4,6,8,11,13-14H,2-3,5,7,9H2,1H3. The highest BCUT2D eigenvalue weighted by molar-refractivity contribution is 5.78. The highest BCUT2D eigenvalue weighted by atomic mass is 16.2. The lowest BCUT2D eigenvalue weighted by Crippen LogP contribution is -2.37. The van der Waals surface area contributed by atoms with E-state index < -0.39 is 0 Å². The molecule has 0 unspecified atom stereocenters. The average Bonchev–Trinajstić information content (AvgIpc) is 2.97. The molecule has 2 rings (SSSR count). The van der Waals surface area contributed by atoms with Crippen molar-refractivity contribution in [3.8, 4) is 0 Å². The van der Waals surface area contributed by atoms with Crippen LogP contribution in [0.5, 0.6) is 0 Å². The van der Waals surface area contributed by atoms with E-state index in [1.807, 2.05) is 25.5 Å². The zero-order valence-electron chi connectivity index (χ0n) is 9.70. The van der Waals surface area contributed by atoms with Crippen LogP contribution in [0.4, 0.5) is 0 Å². The van der Waals surface area contributed by atoms with Gasteiger partial charge < -0.3 is 15.2 Å². The van der Waals surface area contributed by atoms with Gasteiger partial charge in [0.25, 0.3) is 0 Å². The first kappa shape index (κ1) is 11.2. The first-order valence-corrected chi connectivity index (χ1v) is 5.85. The van der Waals surface area contributed by atoms with E-state index in [4.69, 9.17) is 0 Å². The van der Waals surface area contributed by atoms with E-state index in [0.717, 1.165) is 13.0 Å². The van der Waals surface area contributed by atoms with Crippen molar-refractivity contribution < 1.29 is 4.79 Å². The molecule has 1 aliphatic rings. The molecule has 2 N–H and O–H groups in total. The maximum absolute atomic E-state index is 11.7. The highest BCUT2D eigenvalue weighted by Gasteiger charge is 2.21. The quantitative estimate of drug-likeness (QED) is 0.745. The Hall–Kier alpha value is -1.29. The molecular weight excluding hydrogens is 202 g/mol. The van der Waals surface area contributed by atoms with Crippen molar-refractivity contribution in [3.63, 3.8) is 0 Å². The van der Waals surface area contributed by atoms with Crippen molar-refractivity contribution >= 4 is 5.91 Å². The molecule has 4 nitrogen and oxygen atoms in total. The summed E-state index contributed by atoms with van der Waals surface area (Å²) >= 11 is 0. The summed E-state index contributed by atoms with van der Waals surface area (Å²) < 4.78 is 0. The first-order chi connectivity index (χ1) is 7.75. The second-order valence-corrected chi connectivity index (χ2v) is 4.44. The zero-order valence-corrected chi connectivity index (χ0v) is 9.70. The first-order valence-electron chi connectivity index (χ1n) is 5.85. The van der Waals surface area contributed by atoms with Crippen LogP contribution >= 0.6 is 0 Å². The number of hydrogen-bond donors (Lipinski definition) is 2. The van der Waals surface area contributed by atoms with E-state index in [0.29, 0.717) is 12.6 Å². The number of aromatic amines is 1. The van der Waals surface area contributed by atoms with E-state index in [1.165, 1.54) is 18.4 Å². The van der Waals surface area contributed by atoms with Crippen LogP contribution in [0.2, 0.25) is 0 Å². The Balaban J connectivity index is 1.65. The molecule has 1 fully saturated rings. The molecule has 1 saturated carbocycles. The molecule has 0 aliphatic heterocycles. The molecule has 1 aromatic heterocycles. The Kier molecular flexibility index (Phi) is 3.62. The second kappa shape index (κ2) is 5.16. The van der Waals surface area contributed by atoms with Gasteiger partial charge in [-0.1, -0.05) is 0 Å². The van der Waals surface area contributed by atoms with Crippen molar-refractivity contribution in [2.24, 2.45) is 0 Å². The molecular formula is C12H19N3O. The normalized spacial score (nSPS) is 15.1. The Morgan fingerprint density at radius 2 is 2.44 bits per heavy atom. The smallest absolute Gasteiger partial charge is 0.236 e. The largest absolute Gasteiger partial charge is 0.367 e.